The number of aromatic nitrogens is 1. The van der Waals surface area contributed by atoms with E-state index in [4.69, 9.17) is 9.47 Å². The third-order valence-corrected chi connectivity index (χ3v) is 4.03. The van der Waals surface area contributed by atoms with Gasteiger partial charge in [0, 0.05) is 6.42 Å². The standard InChI is InChI=1S/C20H17N3O6/c24-22(25)17-12-19(23(26)27)20(21-13-17)28-11-10-15-6-8-18(9-7-15)29-14-16-4-2-1-3-5-16/h1-9,12-13H,10-11,14H2. The fourth-order valence-electron chi connectivity index (χ4n) is 2.53. The summed E-state index contributed by atoms with van der Waals surface area (Å²) in [6.07, 6.45) is 1.41. The summed E-state index contributed by atoms with van der Waals surface area (Å²) < 4.78 is 11.1. The Bertz CT molecular complexity index is 993. The van der Waals surface area contributed by atoms with Crippen LogP contribution in [0.3, 0.4) is 0 Å². The van der Waals surface area contributed by atoms with Crippen LogP contribution in [0.5, 0.6) is 11.6 Å². The minimum Gasteiger partial charge on any atom is -0.489 e. The first-order valence-electron chi connectivity index (χ1n) is 8.70. The molecule has 0 unspecified atom stereocenters. The molecule has 0 aliphatic heterocycles. The fraction of sp³-hybridized carbons (Fsp3) is 0.150. The summed E-state index contributed by atoms with van der Waals surface area (Å²) >= 11 is 0. The van der Waals surface area contributed by atoms with Crippen molar-refractivity contribution in [2.24, 2.45) is 0 Å². The number of nitrogens with zero attached hydrogens (tertiary/aromatic N) is 3. The summed E-state index contributed by atoms with van der Waals surface area (Å²) in [4.78, 5) is 24.0. The molecule has 0 saturated heterocycles. The molecular weight excluding hydrogens is 378 g/mol. The van der Waals surface area contributed by atoms with Gasteiger partial charge in [0.1, 0.15) is 24.6 Å². The molecule has 3 rings (SSSR count). The van der Waals surface area contributed by atoms with Gasteiger partial charge in [0.05, 0.1) is 16.5 Å². The van der Waals surface area contributed by atoms with E-state index in [-0.39, 0.29) is 12.5 Å². The maximum atomic E-state index is 11.1. The van der Waals surface area contributed by atoms with E-state index in [1.165, 1.54) is 0 Å². The van der Waals surface area contributed by atoms with Gasteiger partial charge in [-0.05, 0) is 23.3 Å². The molecule has 0 bridgehead atoms. The van der Waals surface area contributed by atoms with Crippen LogP contribution in [-0.2, 0) is 13.0 Å². The number of hydrogen-bond acceptors (Lipinski definition) is 7. The van der Waals surface area contributed by atoms with Gasteiger partial charge in [0.15, 0.2) is 0 Å². The highest BCUT2D eigenvalue weighted by atomic mass is 16.6. The number of pyridine rings is 1. The molecule has 0 fully saturated rings. The number of nitro groups is 2. The van der Waals surface area contributed by atoms with Crippen LogP contribution >= 0.6 is 0 Å². The SMILES string of the molecule is O=[N+]([O-])c1cnc(OCCc2ccc(OCc3ccccc3)cc2)c([N+](=O)[O-])c1. The van der Waals surface area contributed by atoms with E-state index in [1.54, 1.807) is 0 Å². The summed E-state index contributed by atoms with van der Waals surface area (Å²) in [5.41, 5.74) is 1.02. The molecule has 0 atom stereocenters. The van der Waals surface area contributed by atoms with E-state index in [1.807, 2.05) is 54.6 Å². The Morgan fingerprint density at radius 2 is 1.59 bits per heavy atom. The van der Waals surface area contributed by atoms with Crippen molar-refractivity contribution in [2.45, 2.75) is 13.0 Å². The molecule has 1 aromatic heterocycles. The van der Waals surface area contributed by atoms with Crippen LogP contribution in [-0.4, -0.2) is 21.4 Å². The molecule has 0 radical (unpaired) electrons. The summed E-state index contributed by atoms with van der Waals surface area (Å²) in [7, 11) is 0. The van der Waals surface area contributed by atoms with Crippen molar-refractivity contribution < 1.29 is 19.3 Å². The zero-order valence-electron chi connectivity index (χ0n) is 15.3. The first kappa shape index (κ1) is 19.7. The van der Waals surface area contributed by atoms with Crippen molar-refractivity contribution in [2.75, 3.05) is 6.61 Å². The van der Waals surface area contributed by atoms with Crippen molar-refractivity contribution in [3.05, 3.63) is 98.2 Å². The van der Waals surface area contributed by atoms with E-state index >= 15 is 0 Å². The van der Waals surface area contributed by atoms with Gasteiger partial charge < -0.3 is 9.47 Å². The molecule has 1 heterocycles. The molecule has 3 aromatic rings. The highest BCUT2D eigenvalue weighted by Gasteiger charge is 2.22. The fourth-order valence-corrected chi connectivity index (χ4v) is 2.53. The lowest BCUT2D eigenvalue weighted by Crippen LogP contribution is -2.06. The molecule has 29 heavy (non-hydrogen) atoms. The average molecular weight is 395 g/mol. The Labute approximate surface area is 165 Å². The van der Waals surface area contributed by atoms with Crippen molar-refractivity contribution >= 4 is 11.4 Å². The van der Waals surface area contributed by atoms with E-state index < -0.39 is 21.2 Å². The molecule has 0 aliphatic rings. The summed E-state index contributed by atoms with van der Waals surface area (Å²) in [5.74, 6) is 0.481. The van der Waals surface area contributed by atoms with Crippen LogP contribution in [0.1, 0.15) is 11.1 Å². The van der Waals surface area contributed by atoms with Crippen molar-refractivity contribution in [3.63, 3.8) is 0 Å². The summed E-state index contributed by atoms with van der Waals surface area (Å²) in [6, 6.07) is 18.1. The van der Waals surface area contributed by atoms with Crippen molar-refractivity contribution in [1.29, 1.82) is 0 Å². The monoisotopic (exact) mass is 395 g/mol. The number of benzene rings is 2. The molecule has 0 saturated carbocycles. The number of rotatable bonds is 9. The average Bonchev–Trinajstić information content (AvgIpc) is 2.74. The van der Waals surface area contributed by atoms with Gasteiger partial charge in [-0.2, -0.15) is 0 Å². The predicted molar refractivity (Wildman–Crippen MR) is 104 cm³/mol. The lowest BCUT2D eigenvalue weighted by atomic mass is 10.1. The van der Waals surface area contributed by atoms with E-state index in [0.717, 1.165) is 29.1 Å². The first-order chi connectivity index (χ1) is 14.0. The van der Waals surface area contributed by atoms with Gasteiger partial charge in [0.2, 0.25) is 0 Å². The van der Waals surface area contributed by atoms with Crippen molar-refractivity contribution in [3.8, 4) is 11.6 Å². The van der Waals surface area contributed by atoms with Gasteiger partial charge in [-0.25, -0.2) is 4.98 Å². The Hall–Kier alpha value is -4.01. The van der Waals surface area contributed by atoms with Crippen LogP contribution < -0.4 is 9.47 Å². The van der Waals surface area contributed by atoms with Crippen LogP contribution in [0.25, 0.3) is 0 Å². The van der Waals surface area contributed by atoms with Crippen LogP contribution in [0.4, 0.5) is 11.4 Å². The van der Waals surface area contributed by atoms with Crippen LogP contribution in [0.2, 0.25) is 0 Å². The Kier molecular flexibility index (Phi) is 6.31. The van der Waals surface area contributed by atoms with Crippen LogP contribution in [0, 0.1) is 20.2 Å². The maximum Gasteiger partial charge on any atom is 0.337 e. The van der Waals surface area contributed by atoms with Gasteiger partial charge >= 0.3 is 5.69 Å². The highest BCUT2D eigenvalue weighted by Crippen LogP contribution is 2.28. The molecule has 0 amide bonds. The molecular formula is C20H17N3O6. The van der Waals surface area contributed by atoms with Gasteiger partial charge in [0.25, 0.3) is 11.6 Å². The molecule has 9 heteroatoms. The Morgan fingerprint density at radius 1 is 0.862 bits per heavy atom. The molecule has 0 aliphatic carbocycles. The van der Waals surface area contributed by atoms with Crippen LogP contribution in [0.15, 0.2) is 66.9 Å². The molecule has 0 N–H and O–H groups in total. The zero-order chi connectivity index (χ0) is 20.6. The molecule has 9 nitrogen and oxygen atoms in total. The second-order valence-electron chi connectivity index (χ2n) is 6.05. The van der Waals surface area contributed by atoms with E-state index in [2.05, 4.69) is 4.98 Å². The second-order valence-corrected chi connectivity index (χ2v) is 6.05. The first-order valence-corrected chi connectivity index (χ1v) is 8.70. The Balaban J connectivity index is 1.54. The third-order valence-electron chi connectivity index (χ3n) is 4.03. The predicted octanol–water partition coefficient (Wildman–Crippen LogP) is 4.10. The molecule has 0 spiro atoms. The maximum absolute atomic E-state index is 11.1. The lowest BCUT2D eigenvalue weighted by Gasteiger charge is -2.08. The van der Waals surface area contributed by atoms with Gasteiger partial charge in [-0.1, -0.05) is 42.5 Å². The lowest BCUT2D eigenvalue weighted by molar-refractivity contribution is -0.395. The number of hydrogen-bond donors (Lipinski definition) is 0. The highest BCUT2D eigenvalue weighted by molar-refractivity contribution is 5.48. The van der Waals surface area contributed by atoms with Gasteiger partial charge in [-0.3, -0.25) is 20.2 Å². The molecule has 148 valence electrons. The zero-order valence-corrected chi connectivity index (χ0v) is 15.3. The largest absolute Gasteiger partial charge is 0.489 e. The molecule has 2 aromatic carbocycles. The van der Waals surface area contributed by atoms with E-state index in [0.29, 0.717) is 13.0 Å². The van der Waals surface area contributed by atoms with Gasteiger partial charge in [-0.15, -0.1) is 0 Å². The topological polar surface area (TPSA) is 118 Å². The van der Waals surface area contributed by atoms with E-state index in [9.17, 15) is 20.2 Å². The quantitative estimate of drug-likeness (QED) is 0.395. The summed E-state index contributed by atoms with van der Waals surface area (Å²) in [6.45, 7) is 0.606. The minimum absolute atomic E-state index is 0.135. The number of ether oxygens (including phenoxy) is 2. The minimum atomic E-state index is -0.756. The smallest absolute Gasteiger partial charge is 0.337 e. The normalized spacial score (nSPS) is 10.3. The van der Waals surface area contributed by atoms with Crippen molar-refractivity contribution in [1.82, 2.24) is 4.98 Å². The Morgan fingerprint density at radius 3 is 2.24 bits per heavy atom. The second kappa shape index (κ2) is 9.27. The summed E-state index contributed by atoms with van der Waals surface area (Å²) in [5, 5.41) is 21.8. The third kappa shape index (κ3) is 5.48.